The SMILES string of the molecule is CN1CCC(c2ccc(C[C@@H](C#N)NC(=O)[C@@H]3[C@H]4CC[C@H](C4)N3C(=O)OC(C)(C)C)c(F)c2)CC1. The molecule has 2 saturated heterocycles. The van der Waals surface area contributed by atoms with Crippen molar-refractivity contribution in [2.75, 3.05) is 20.1 Å². The molecule has 1 aromatic rings. The van der Waals surface area contributed by atoms with E-state index in [1.807, 2.05) is 6.07 Å². The lowest BCUT2D eigenvalue weighted by Gasteiger charge is -2.35. The van der Waals surface area contributed by atoms with E-state index in [0.29, 0.717) is 11.5 Å². The number of carbonyl (C=O) groups is 2. The number of amides is 2. The van der Waals surface area contributed by atoms with E-state index in [4.69, 9.17) is 4.74 Å². The Morgan fingerprint density at radius 1 is 1.23 bits per heavy atom. The molecule has 1 N–H and O–H groups in total. The number of carbonyl (C=O) groups excluding carboxylic acids is 2. The molecule has 190 valence electrons. The van der Waals surface area contributed by atoms with Gasteiger partial charge in [0.1, 0.15) is 23.5 Å². The van der Waals surface area contributed by atoms with Crippen LogP contribution in [0.3, 0.4) is 0 Å². The summed E-state index contributed by atoms with van der Waals surface area (Å²) in [4.78, 5) is 29.9. The van der Waals surface area contributed by atoms with Gasteiger partial charge in [-0.1, -0.05) is 12.1 Å². The van der Waals surface area contributed by atoms with Crippen LogP contribution in [0.25, 0.3) is 0 Å². The first-order chi connectivity index (χ1) is 16.6. The molecule has 7 nitrogen and oxygen atoms in total. The van der Waals surface area contributed by atoms with E-state index in [2.05, 4.69) is 23.3 Å². The van der Waals surface area contributed by atoms with Crippen LogP contribution in [0.2, 0.25) is 0 Å². The fraction of sp³-hybridized carbons (Fsp3) is 0.667. The standard InChI is InChI=1S/C27H37FN4O3/c1-27(2,3)35-26(34)32-22-8-7-20(14-22)24(32)25(33)30-21(16-29)13-19-6-5-18(15-23(19)28)17-9-11-31(4)12-10-17/h5-6,15,17,20-22,24H,7-14H2,1-4H3,(H,30,33)/t20-,21-,22+,24-/m0/s1. The maximum atomic E-state index is 15.0. The van der Waals surface area contributed by atoms with Crippen molar-refractivity contribution in [1.82, 2.24) is 15.1 Å². The number of halogens is 1. The zero-order valence-corrected chi connectivity index (χ0v) is 21.2. The van der Waals surface area contributed by atoms with Crippen LogP contribution in [-0.4, -0.2) is 65.7 Å². The summed E-state index contributed by atoms with van der Waals surface area (Å²) in [6.45, 7) is 7.39. The number of hydrogen-bond donors (Lipinski definition) is 1. The Kier molecular flexibility index (Phi) is 7.37. The number of likely N-dealkylation sites (tertiary alicyclic amines) is 2. The Labute approximate surface area is 207 Å². The monoisotopic (exact) mass is 484 g/mol. The van der Waals surface area contributed by atoms with Gasteiger partial charge in [0, 0.05) is 12.5 Å². The van der Waals surface area contributed by atoms with Gasteiger partial charge in [-0.3, -0.25) is 9.69 Å². The maximum Gasteiger partial charge on any atom is 0.411 e. The summed E-state index contributed by atoms with van der Waals surface area (Å²) in [6.07, 6.45) is 4.08. The van der Waals surface area contributed by atoms with Gasteiger partial charge in [-0.15, -0.1) is 0 Å². The predicted octanol–water partition coefficient (Wildman–Crippen LogP) is 3.97. The number of ether oxygens (including phenoxy) is 1. The number of benzene rings is 1. The summed E-state index contributed by atoms with van der Waals surface area (Å²) < 4.78 is 20.5. The Morgan fingerprint density at radius 3 is 2.57 bits per heavy atom. The fourth-order valence-corrected chi connectivity index (χ4v) is 5.83. The summed E-state index contributed by atoms with van der Waals surface area (Å²) in [6, 6.07) is 5.82. The molecule has 8 heteroatoms. The van der Waals surface area contributed by atoms with E-state index in [1.165, 1.54) is 0 Å². The third-order valence-electron chi connectivity index (χ3n) is 7.62. The van der Waals surface area contributed by atoms with Gasteiger partial charge in [0.25, 0.3) is 0 Å². The van der Waals surface area contributed by atoms with Crippen molar-refractivity contribution in [3.05, 3.63) is 35.1 Å². The number of nitrogens with zero attached hydrogens (tertiary/aromatic N) is 3. The average molecular weight is 485 g/mol. The summed E-state index contributed by atoms with van der Waals surface area (Å²) in [7, 11) is 2.10. The first-order valence-electron chi connectivity index (χ1n) is 12.7. The van der Waals surface area contributed by atoms with E-state index in [9.17, 15) is 19.2 Å². The molecule has 2 amide bonds. The molecule has 35 heavy (non-hydrogen) atoms. The topological polar surface area (TPSA) is 85.7 Å². The lowest BCUT2D eigenvalue weighted by atomic mass is 9.88. The van der Waals surface area contributed by atoms with Crippen LogP contribution >= 0.6 is 0 Å². The Balaban J connectivity index is 1.41. The van der Waals surface area contributed by atoms with Crippen molar-refractivity contribution in [2.45, 2.75) is 88.9 Å². The van der Waals surface area contributed by atoms with Gasteiger partial charge in [-0.05, 0) is 102 Å². The molecule has 3 aliphatic rings. The second-order valence-corrected chi connectivity index (χ2v) is 11.4. The molecule has 4 rings (SSSR count). The van der Waals surface area contributed by atoms with Gasteiger partial charge in [-0.25, -0.2) is 9.18 Å². The normalized spacial score (nSPS) is 25.8. The molecular weight excluding hydrogens is 447 g/mol. The largest absolute Gasteiger partial charge is 0.444 e. The molecule has 1 aliphatic carbocycles. The zero-order chi connectivity index (χ0) is 25.3. The highest BCUT2D eigenvalue weighted by molar-refractivity contribution is 5.87. The highest BCUT2D eigenvalue weighted by Gasteiger charge is 2.52. The van der Waals surface area contributed by atoms with Gasteiger partial charge < -0.3 is 15.0 Å². The maximum absolute atomic E-state index is 15.0. The van der Waals surface area contributed by atoms with Crippen molar-refractivity contribution >= 4 is 12.0 Å². The van der Waals surface area contributed by atoms with E-state index in [0.717, 1.165) is 50.8 Å². The van der Waals surface area contributed by atoms with E-state index in [1.54, 1.807) is 37.8 Å². The van der Waals surface area contributed by atoms with E-state index in [-0.39, 0.29) is 30.1 Å². The Morgan fingerprint density at radius 2 is 1.94 bits per heavy atom. The third-order valence-corrected chi connectivity index (χ3v) is 7.62. The first-order valence-corrected chi connectivity index (χ1v) is 12.7. The molecule has 1 aromatic carbocycles. The second-order valence-electron chi connectivity index (χ2n) is 11.4. The Bertz CT molecular complexity index is 993. The molecule has 0 radical (unpaired) electrons. The van der Waals surface area contributed by atoms with Crippen LogP contribution in [0.4, 0.5) is 9.18 Å². The third kappa shape index (κ3) is 5.78. The minimum Gasteiger partial charge on any atom is -0.444 e. The minimum atomic E-state index is -0.884. The van der Waals surface area contributed by atoms with E-state index >= 15 is 0 Å². The van der Waals surface area contributed by atoms with Gasteiger partial charge in [0.05, 0.1) is 6.07 Å². The lowest BCUT2D eigenvalue weighted by Crippen LogP contribution is -2.55. The highest BCUT2D eigenvalue weighted by Crippen LogP contribution is 2.43. The van der Waals surface area contributed by atoms with Crippen molar-refractivity contribution in [3.8, 4) is 6.07 Å². The van der Waals surface area contributed by atoms with Gasteiger partial charge in [0.2, 0.25) is 5.91 Å². The van der Waals surface area contributed by atoms with Gasteiger partial charge in [-0.2, -0.15) is 5.26 Å². The molecule has 2 bridgehead atoms. The number of rotatable bonds is 5. The molecule has 2 aliphatic heterocycles. The summed E-state index contributed by atoms with van der Waals surface area (Å²) >= 11 is 0. The van der Waals surface area contributed by atoms with Crippen LogP contribution in [0.1, 0.15) is 69.9 Å². The number of piperidine rings is 2. The fourth-order valence-electron chi connectivity index (χ4n) is 5.83. The van der Waals surface area contributed by atoms with Crippen LogP contribution in [0.5, 0.6) is 0 Å². The second kappa shape index (κ2) is 10.1. The smallest absolute Gasteiger partial charge is 0.411 e. The van der Waals surface area contributed by atoms with Crippen LogP contribution in [0.15, 0.2) is 18.2 Å². The first kappa shape index (κ1) is 25.4. The molecule has 0 aromatic heterocycles. The van der Waals surface area contributed by atoms with Gasteiger partial charge >= 0.3 is 6.09 Å². The highest BCUT2D eigenvalue weighted by atomic mass is 19.1. The molecule has 0 spiro atoms. The van der Waals surface area contributed by atoms with Crippen molar-refractivity contribution in [3.63, 3.8) is 0 Å². The van der Waals surface area contributed by atoms with Crippen molar-refractivity contribution in [1.29, 1.82) is 5.26 Å². The summed E-state index contributed by atoms with van der Waals surface area (Å²) in [5.74, 6) is -0.306. The average Bonchev–Trinajstić information content (AvgIpc) is 3.41. The van der Waals surface area contributed by atoms with E-state index < -0.39 is 23.8 Å². The Hall–Kier alpha value is -2.66. The molecule has 3 fully saturated rings. The zero-order valence-electron chi connectivity index (χ0n) is 21.2. The lowest BCUT2D eigenvalue weighted by molar-refractivity contribution is -0.128. The van der Waals surface area contributed by atoms with Crippen molar-refractivity contribution < 1.29 is 18.7 Å². The molecule has 0 unspecified atom stereocenters. The minimum absolute atomic E-state index is 0.0179. The number of nitrogens with one attached hydrogen (secondary N) is 1. The summed E-state index contributed by atoms with van der Waals surface area (Å²) in [5, 5.41) is 12.5. The van der Waals surface area contributed by atoms with Crippen LogP contribution in [0, 0.1) is 23.1 Å². The predicted molar refractivity (Wildman–Crippen MR) is 130 cm³/mol. The molecule has 2 heterocycles. The number of fused-ring (bicyclic) bond motifs is 2. The van der Waals surface area contributed by atoms with Gasteiger partial charge in [0.15, 0.2) is 0 Å². The quantitative estimate of drug-likeness (QED) is 0.684. The summed E-state index contributed by atoms with van der Waals surface area (Å²) in [5.41, 5.74) is 0.740. The van der Waals surface area contributed by atoms with Crippen LogP contribution in [-0.2, 0) is 16.0 Å². The molecular formula is C27H37FN4O3. The molecule has 1 saturated carbocycles. The number of hydrogen-bond acceptors (Lipinski definition) is 5. The number of nitriles is 1. The van der Waals surface area contributed by atoms with Crippen LogP contribution < -0.4 is 5.32 Å². The molecule has 4 atom stereocenters. The van der Waals surface area contributed by atoms with Crippen molar-refractivity contribution in [2.24, 2.45) is 5.92 Å².